The second-order valence-electron chi connectivity index (χ2n) is 7.81. The van der Waals surface area contributed by atoms with E-state index in [2.05, 4.69) is 41.2 Å². The summed E-state index contributed by atoms with van der Waals surface area (Å²) in [6, 6.07) is 8.44. The van der Waals surface area contributed by atoms with Gasteiger partial charge in [-0.15, -0.1) is 0 Å². The quantitative estimate of drug-likeness (QED) is 0.293. The molecule has 1 heterocycles. The van der Waals surface area contributed by atoms with Crippen LogP contribution in [-0.2, 0) is 6.42 Å². The van der Waals surface area contributed by atoms with E-state index >= 15 is 0 Å². The molecule has 2 rings (SSSR count). The van der Waals surface area contributed by atoms with E-state index in [9.17, 15) is 4.39 Å². The number of ether oxygens (including phenoxy) is 1. The van der Waals surface area contributed by atoms with Crippen molar-refractivity contribution in [3.05, 3.63) is 42.2 Å². The van der Waals surface area contributed by atoms with Gasteiger partial charge in [-0.05, 0) is 37.7 Å². The highest BCUT2D eigenvalue weighted by Crippen LogP contribution is 2.19. The van der Waals surface area contributed by atoms with Crippen molar-refractivity contribution >= 4 is 0 Å². The van der Waals surface area contributed by atoms with Gasteiger partial charge in [-0.25, -0.2) is 14.4 Å². The second kappa shape index (κ2) is 14.1. The van der Waals surface area contributed by atoms with Crippen LogP contribution in [0, 0.1) is 0 Å². The molecule has 0 aliphatic heterocycles. The smallest absolute Gasteiger partial charge is 0.159 e. The van der Waals surface area contributed by atoms with E-state index in [1.165, 1.54) is 31.2 Å². The third-order valence-corrected chi connectivity index (χ3v) is 5.28. The third kappa shape index (κ3) is 9.38. The summed E-state index contributed by atoms with van der Waals surface area (Å²) in [5.41, 5.74) is 2.33. The highest BCUT2D eigenvalue weighted by atomic mass is 19.1. The maximum atomic E-state index is 13.2. The summed E-state index contributed by atoms with van der Waals surface area (Å²) >= 11 is 0. The lowest BCUT2D eigenvalue weighted by molar-refractivity contribution is 0.297. The minimum atomic E-state index is -0.628. The normalized spacial score (nSPS) is 12.1. The van der Waals surface area contributed by atoms with E-state index in [-0.39, 0.29) is 0 Å². The number of hydrogen-bond donors (Lipinski definition) is 0. The van der Waals surface area contributed by atoms with Crippen LogP contribution in [0.25, 0.3) is 11.4 Å². The second-order valence-corrected chi connectivity index (χ2v) is 7.81. The van der Waals surface area contributed by atoms with Crippen molar-refractivity contribution in [2.75, 3.05) is 6.61 Å². The molecule has 0 spiro atoms. The van der Waals surface area contributed by atoms with Gasteiger partial charge in [0.1, 0.15) is 0 Å². The van der Waals surface area contributed by atoms with Gasteiger partial charge in [0.2, 0.25) is 0 Å². The Balaban J connectivity index is 1.70. The van der Waals surface area contributed by atoms with Crippen molar-refractivity contribution in [2.24, 2.45) is 0 Å². The van der Waals surface area contributed by atoms with Crippen LogP contribution < -0.4 is 4.74 Å². The van der Waals surface area contributed by atoms with E-state index in [4.69, 9.17) is 4.74 Å². The molecule has 0 saturated carbocycles. The zero-order valence-electron chi connectivity index (χ0n) is 18.2. The lowest BCUT2D eigenvalue weighted by Gasteiger charge is -2.07. The van der Waals surface area contributed by atoms with Crippen molar-refractivity contribution in [3.63, 3.8) is 0 Å². The minimum absolute atomic E-state index is 0.628. The van der Waals surface area contributed by atoms with Crippen molar-refractivity contribution in [1.82, 2.24) is 9.97 Å². The van der Waals surface area contributed by atoms with Crippen molar-refractivity contribution in [1.29, 1.82) is 0 Å². The van der Waals surface area contributed by atoms with Crippen LogP contribution >= 0.6 is 0 Å². The molecular formula is C25H37FN2O. The topological polar surface area (TPSA) is 35.0 Å². The van der Waals surface area contributed by atoms with E-state index in [1.807, 2.05) is 6.92 Å². The average Bonchev–Trinajstić information content (AvgIpc) is 2.76. The molecule has 0 aliphatic rings. The van der Waals surface area contributed by atoms with E-state index in [0.29, 0.717) is 12.8 Å². The summed E-state index contributed by atoms with van der Waals surface area (Å²) in [5.74, 6) is 1.46. The number of unbranched alkanes of at least 4 members (excludes halogenated alkanes) is 6. The monoisotopic (exact) mass is 400 g/mol. The van der Waals surface area contributed by atoms with Gasteiger partial charge in [0.05, 0.1) is 25.2 Å². The third-order valence-electron chi connectivity index (χ3n) is 5.28. The van der Waals surface area contributed by atoms with Crippen LogP contribution in [0.5, 0.6) is 5.75 Å². The Morgan fingerprint density at radius 3 is 2.24 bits per heavy atom. The van der Waals surface area contributed by atoms with Crippen LogP contribution in [0.15, 0.2) is 36.7 Å². The summed E-state index contributed by atoms with van der Waals surface area (Å²) in [7, 11) is 0. The highest BCUT2D eigenvalue weighted by molar-refractivity contribution is 5.55. The number of aromatic nitrogens is 2. The lowest BCUT2D eigenvalue weighted by Crippen LogP contribution is -1.99. The summed E-state index contributed by atoms with van der Waals surface area (Å²) in [6.07, 6.45) is 14.6. The van der Waals surface area contributed by atoms with Crippen LogP contribution in [-0.4, -0.2) is 22.7 Å². The molecule has 0 saturated heterocycles. The number of aryl methyl sites for hydroxylation is 1. The van der Waals surface area contributed by atoms with Gasteiger partial charge in [-0.2, -0.15) is 0 Å². The molecule has 1 unspecified atom stereocenters. The fourth-order valence-electron chi connectivity index (χ4n) is 3.33. The largest absolute Gasteiger partial charge is 0.490 e. The molecule has 160 valence electrons. The van der Waals surface area contributed by atoms with Crippen LogP contribution in [0.4, 0.5) is 4.39 Å². The minimum Gasteiger partial charge on any atom is -0.490 e. The Labute approximate surface area is 176 Å². The van der Waals surface area contributed by atoms with Gasteiger partial charge in [0.15, 0.2) is 11.6 Å². The first-order valence-corrected chi connectivity index (χ1v) is 11.4. The highest BCUT2D eigenvalue weighted by Gasteiger charge is 2.04. The van der Waals surface area contributed by atoms with Crippen molar-refractivity contribution in [2.45, 2.75) is 90.6 Å². The maximum Gasteiger partial charge on any atom is 0.159 e. The molecule has 3 nitrogen and oxygen atoms in total. The van der Waals surface area contributed by atoms with Crippen molar-refractivity contribution in [3.8, 4) is 17.1 Å². The lowest BCUT2D eigenvalue weighted by atomic mass is 10.0. The first-order valence-electron chi connectivity index (χ1n) is 11.4. The van der Waals surface area contributed by atoms with E-state index in [0.717, 1.165) is 55.8 Å². The van der Waals surface area contributed by atoms with Gasteiger partial charge in [-0.1, -0.05) is 76.6 Å². The van der Waals surface area contributed by atoms with E-state index < -0.39 is 6.17 Å². The van der Waals surface area contributed by atoms with Gasteiger partial charge in [-0.3, -0.25) is 0 Å². The molecule has 0 aliphatic carbocycles. The molecule has 0 radical (unpaired) electrons. The summed E-state index contributed by atoms with van der Waals surface area (Å²) in [4.78, 5) is 8.89. The SMILES string of the molecule is CCCCCCCOc1cnc(-c2ccc(CCCCCC(F)CC)cc2)nc1. The van der Waals surface area contributed by atoms with Gasteiger partial charge < -0.3 is 4.74 Å². The fraction of sp³-hybridized carbons (Fsp3) is 0.600. The maximum absolute atomic E-state index is 13.2. The van der Waals surface area contributed by atoms with Crippen molar-refractivity contribution < 1.29 is 9.13 Å². The molecule has 29 heavy (non-hydrogen) atoms. The number of benzene rings is 1. The molecule has 0 fully saturated rings. The molecule has 4 heteroatoms. The number of hydrogen-bond acceptors (Lipinski definition) is 3. The van der Waals surface area contributed by atoms with Crippen LogP contribution in [0.2, 0.25) is 0 Å². The molecule has 1 atom stereocenters. The Kier molecular flexibility index (Phi) is 11.3. The first-order chi connectivity index (χ1) is 14.2. The van der Waals surface area contributed by atoms with Gasteiger partial charge in [0.25, 0.3) is 0 Å². The number of nitrogens with zero attached hydrogens (tertiary/aromatic N) is 2. The van der Waals surface area contributed by atoms with Gasteiger partial charge >= 0.3 is 0 Å². The molecular weight excluding hydrogens is 363 g/mol. The number of rotatable bonds is 15. The number of halogens is 1. The molecule has 1 aromatic heterocycles. The molecule has 2 aromatic rings. The molecule has 0 N–H and O–H groups in total. The predicted molar refractivity (Wildman–Crippen MR) is 119 cm³/mol. The standard InChI is InChI=1S/C25H37FN2O/c1-3-5-6-7-11-18-29-24-19-27-25(28-20-24)22-16-14-21(15-17-22)12-9-8-10-13-23(26)4-2/h14-17,19-20,23H,3-13,18H2,1-2H3. The summed E-state index contributed by atoms with van der Waals surface area (Å²) in [6.45, 7) is 4.86. The summed E-state index contributed by atoms with van der Waals surface area (Å²) < 4.78 is 18.9. The van der Waals surface area contributed by atoms with Gasteiger partial charge in [0, 0.05) is 5.56 Å². The van der Waals surface area contributed by atoms with Crippen LogP contribution in [0.1, 0.15) is 83.6 Å². The zero-order chi connectivity index (χ0) is 20.7. The zero-order valence-corrected chi connectivity index (χ0v) is 18.2. The molecule has 1 aromatic carbocycles. The Bertz CT molecular complexity index is 658. The summed E-state index contributed by atoms with van der Waals surface area (Å²) in [5, 5.41) is 0. The fourth-order valence-corrected chi connectivity index (χ4v) is 3.33. The average molecular weight is 401 g/mol. The number of alkyl halides is 1. The molecule has 0 bridgehead atoms. The molecule has 0 amide bonds. The van der Waals surface area contributed by atoms with Crippen LogP contribution in [0.3, 0.4) is 0 Å². The van der Waals surface area contributed by atoms with E-state index in [1.54, 1.807) is 12.4 Å². The first kappa shape index (κ1) is 23.3. The Hall–Kier alpha value is -1.97. The predicted octanol–water partition coefficient (Wildman–Crippen LogP) is 7.34. The Morgan fingerprint density at radius 2 is 1.55 bits per heavy atom. The Morgan fingerprint density at radius 1 is 0.862 bits per heavy atom.